The normalized spacial score (nSPS) is 24.1. The van der Waals surface area contributed by atoms with E-state index in [1.165, 1.54) is 0 Å². The number of rotatable bonds is 4. The number of piperazine rings is 1. The SMILES string of the molecule is CCOC(=O)CN1CCN(C2CNC2)CC1. The minimum absolute atomic E-state index is 0.0961. The number of carbonyl (C=O) groups is 1. The highest BCUT2D eigenvalue weighted by Gasteiger charge is 2.28. The van der Waals surface area contributed by atoms with Gasteiger partial charge in [-0.15, -0.1) is 0 Å². The third-order valence-electron chi connectivity index (χ3n) is 3.34. The predicted octanol–water partition coefficient (Wildman–Crippen LogP) is -0.861. The Morgan fingerprint density at radius 2 is 2.00 bits per heavy atom. The molecule has 0 atom stereocenters. The Kier molecular flexibility index (Phi) is 4.15. The van der Waals surface area contributed by atoms with E-state index in [9.17, 15) is 4.79 Å². The third-order valence-corrected chi connectivity index (χ3v) is 3.34. The van der Waals surface area contributed by atoms with E-state index in [4.69, 9.17) is 4.74 Å². The number of nitrogens with zero attached hydrogens (tertiary/aromatic N) is 2. The Bertz CT molecular complexity index is 235. The van der Waals surface area contributed by atoms with Crippen molar-refractivity contribution in [1.82, 2.24) is 15.1 Å². The molecule has 2 fully saturated rings. The molecule has 16 heavy (non-hydrogen) atoms. The predicted molar refractivity (Wildman–Crippen MR) is 61.3 cm³/mol. The zero-order chi connectivity index (χ0) is 11.4. The van der Waals surface area contributed by atoms with Crippen molar-refractivity contribution in [3.05, 3.63) is 0 Å². The molecular formula is C11H21N3O2. The van der Waals surface area contributed by atoms with Crippen LogP contribution in [-0.4, -0.2) is 74.2 Å². The summed E-state index contributed by atoms with van der Waals surface area (Å²) in [7, 11) is 0. The molecule has 2 aliphatic heterocycles. The zero-order valence-electron chi connectivity index (χ0n) is 9.95. The van der Waals surface area contributed by atoms with Crippen LogP contribution in [0.1, 0.15) is 6.92 Å². The quantitative estimate of drug-likeness (QED) is 0.633. The average molecular weight is 227 g/mol. The van der Waals surface area contributed by atoms with Crippen molar-refractivity contribution >= 4 is 5.97 Å². The summed E-state index contributed by atoms with van der Waals surface area (Å²) < 4.78 is 4.95. The molecule has 0 bridgehead atoms. The lowest BCUT2D eigenvalue weighted by molar-refractivity contribution is -0.145. The van der Waals surface area contributed by atoms with Crippen LogP contribution in [0.3, 0.4) is 0 Å². The summed E-state index contributed by atoms with van der Waals surface area (Å²) in [5.74, 6) is -0.0961. The minimum Gasteiger partial charge on any atom is -0.465 e. The molecule has 2 rings (SSSR count). The number of nitrogens with one attached hydrogen (secondary N) is 1. The van der Waals surface area contributed by atoms with E-state index < -0.39 is 0 Å². The summed E-state index contributed by atoms with van der Waals surface area (Å²) in [4.78, 5) is 16.0. The zero-order valence-corrected chi connectivity index (χ0v) is 9.95. The molecule has 5 nitrogen and oxygen atoms in total. The highest BCUT2D eigenvalue weighted by molar-refractivity contribution is 5.71. The second-order valence-electron chi connectivity index (χ2n) is 4.43. The standard InChI is InChI=1S/C11H21N3O2/c1-2-16-11(15)9-13-3-5-14(6-4-13)10-7-12-8-10/h10,12H,2-9H2,1H3. The van der Waals surface area contributed by atoms with Gasteiger partial charge in [0.1, 0.15) is 0 Å². The van der Waals surface area contributed by atoms with Crippen LogP contribution in [0.4, 0.5) is 0 Å². The minimum atomic E-state index is -0.0961. The Morgan fingerprint density at radius 1 is 1.31 bits per heavy atom. The Labute approximate surface area is 96.7 Å². The molecule has 0 aromatic carbocycles. The van der Waals surface area contributed by atoms with Crippen LogP contribution in [0, 0.1) is 0 Å². The second kappa shape index (κ2) is 5.61. The van der Waals surface area contributed by atoms with Gasteiger partial charge in [-0.1, -0.05) is 0 Å². The van der Waals surface area contributed by atoms with Gasteiger partial charge in [0.25, 0.3) is 0 Å². The molecule has 2 heterocycles. The van der Waals surface area contributed by atoms with E-state index >= 15 is 0 Å². The van der Waals surface area contributed by atoms with Gasteiger partial charge in [0, 0.05) is 45.3 Å². The summed E-state index contributed by atoms with van der Waals surface area (Å²) in [5, 5.41) is 3.29. The highest BCUT2D eigenvalue weighted by atomic mass is 16.5. The van der Waals surface area contributed by atoms with Gasteiger partial charge in [-0.25, -0.2) is 0 Å². The van der Waals surface area contributed by atoms with E-state index in [-0.39, 0.29) is 5.97 Å². The van der Waals surface area contributed by atoms with Gasteiger partial charge >= 0.3 is 5.97 Å². The van der Waals surface area contributed by atoms with E-state index in [0.717, 1.165) is 45.3 Å². The number of ether oxygens (including phenoxy) is 1. The van der Waals surface area contributed by atoms with Crippen molar-refractivity contribution in [2.45, 2.75) is 13.0 Å². The van der Waals surface area contributed by atoms with Crippen LogP contribution in [0.5, 0.6) is 0 Å². The Morgan fingerprint density at radius 3 is 2.50 bits per heavy atom. The Hall–Kier alpha value is -0.650. The largest absolute Gasteiger partial charge is 0.465 e. The smallest absolute Gasteiger partial charge is 0.320 e. The van der Waals surface area contributed by atoms with E-state index in [0.29, 0.717) is 13.2 Å². The summed E-state index contributed by atoms with van der Waals surface area (Å²) in [6.45, 7) is 9.13. The average Bonchev–Trinajstić information content (AvgIpc) is 2.18. The summed E-state index contributed by atoms with van der Waals surface area (Å²) in [6, 6.07) is 0.727. The molecular weight excluding hydrogens is 206 g/mol. The summed E-state index contributed by atoms with van der Waals surface area (Å²) in [6.07, 6.45) is 0. The molecule has 0 unspecified atom stereocenters. The van der Waals surface area contributed by atoms with Crippen LogP contribution in [0.2, 0.25) is 0 Å². The van der Waals surface area contributed by atoms with Gasteiger partial charge in [0.2, 0.25) is 0 Å². The molecule has 92 valence electrons. The van der Waals surface area contributed by atoms with E-state index in [1.807, 2.05) is 6.92 Å². The number of hydrogen-bond donors (Lipinski definition) is 1. The molecule has 1 N–H and O–H groups in total. The van der Waals surface area contributed by atoms with Crippen LogP contribution in [0.25, 0.3) is 0 Å². The summed E-state index contributed by atoms with van der Waals surface area (Å²) >= 11 is 0. The maximum absolute atomic E-state index is 11.3. The molecule has 2 aliphatic rings. The highest BCUT2D eigenvalue weighted by Crippen LogP contribution is 2.09. The van der Waals surface area contributed by atoms with Crippen molar-refractivity contribution in [2.75, 3.05) is 52.4 Å². The van der Waals surface area contributed by atoms with Gasteiger partial charge in [0.15, 0.2) is 0 Å². The lowest BCUT2D eigenvalue weighted by Crippen LogP contribution is -2.61. The van der Waals surface area contributed by atoms with Crippen LogP contribution in [-0.2, 0) is 9.53 Å². The molecule has 0 aliphatic carbocycles. The molecule has 2 saturated heterocycles. The van der Waals surface area contributed by atoms with Crippen molar-refractivity contribution < 1.29 is 9.53 Å². The topological polar surface area (TPSA) is 44.8 Å². The van der Waals surface area contributed by atoms with Gasteiger partial charge in [0.05, 0.1) is 13.2 Å². The molecule has 0 spiro atoms. The van der Waals surface area contributed by atoms with Gasteiger partial charge in [-0.05, 0) is 6.92 Å². The van der Waals surface area contributed by atoms with Gasteiger partial charge in [-0.3, -0.25) is 14.6 Å². The van der Waals surface area contributed by atoms with Crippen LogP contribution >= 0.6 is 0 Å². The lowest BCUT2D eigenvalue weighted by atomic mass is 10.1. The number of esters is 1. The maximum atomic E-state index is 11.3. The third kappa shape index (κ3) is 2.93. The fourth-order valence-electron chi connectivity index (χ4n) is 2.21. The molecule has 5 heteroatoms. The van der Waals surface area contributed by atoms with E-state index in [1.54, 1.807) is 0 Å². The van der Waals surface area contributed by atoms with E-state index in [2.05, 4.69) is 15.1 Å². The van der Waals surface area contributed by atoms with Crippen LogP contribution in [0.15, 0.2) is 0 Å². The molecule has 0 amide bonds. The maximum Gasteiger partial charge on any atom is 0.320 e. The summed E-state index contributed by atoms with van der Waals surface area (Å²) in [5.41, 5.74) is 0. The van der Waals surface area contributed by atoms with Crippen molar-refractivity contribution in [3.63, 3.8) is 0 Å². The first-order valence-corrected chi connectivity index (χ1v) is 6.12. The van der Waals surface area contributed by atoms with Crippen LogP contribution < -0.4 is 5.32 Å². The Balaban J connectivity index is 1.66. The molecule has 0 aromatic heterocycles. The van der Waals surface area contributed by atoms with Crippen molar-refractivity contribution in [3.8, 4) is 0 Å². The van der Waals surface area contributed by atoms with Gasteiger partial charge in [-0.2, -0.15) is 0 Å². The first-order valence-electron chi connectivity index (χ1n) is 6.12. The second-order valence-corrected chi connectivity index (χ2v) is 4.43. The number of hydrogen-bond acceptors (Lipinski definition) is 5. The first kappa shape index (κ1) is 11.8. The first-order chi connectivity index (χ1) is 7.79. The fraction of sp³-hybridized carbons (Fsp3) is 0.909. The molecule has 0 radical (unpaired) electrons. The fourth-order valence-corrected chi connectivity index (χ4v) is 2.21. The number of carbonyl (C=O) groups excluding carboxylic acids is 1. The monoisotopic (exact) mass is 227 g/mol. The van der Waals surface area contributed by atoms with Gasteiger partial charge < -0.3 is 10.1 Å². The van der Waals surface area contributed by atoms with Crippen molar-refractivity contribution in [2.24, 2.45) is 0 Å². The molecule has 0 aromatic rings. The molecule has 0 saturated carbocycles. The lowest BCUT2D eigenvalue weighted by Gasteiger charge is -2.43. The van der Waals surface area contributed by atoms with Crippen molar-refractivity contribution in [1.29, 1.82) is 0 Å².